The summed E-state index contributed by atoms with van der Waals surface area (Å²) in [4.78, 5) is 11.7. The smallest absolute Gasteiger partial charge is 0.422 e. The number of amides is 1. The molecule has 0 heterocycles. The standard InChI is InChI=1S/C16H24N2O2/c1-11-5-7-12(8-6-11)14(13-9-10-13)17-18-15(19)20-16(2,3)4/h5-8,13-14,17H,9-10H2,1-4H3,(H,18,19). The summed E-state index contributed by atoms with van der Waals surface area (Å²) in [6.45, 7) is 7.63. The summed E-state index contributed by atoms with van der Waals surface area (Å²) in [6.07, 6.45) is 1.96. The van der Waals surface area contributed by atoms with Crippen molar-refractivity contribution in [3.05, 3.63) is 35.4 Å². The number of aryl methyl sites for hydroxylation is 1. The van der Waals surface area contributed by atoms with E-state index in [2.05, 4.69) is 42.0 Å². The molecule has 4 nitrogen and oxygen atoms in total. The fourth-order valence-corrected chi connectivity index (χ4v) is 2.12. The minimum absolute atomic E-state index is 0.156. The summed E-state index contributed by atoms with van der Waals surface area (Å²) >= 11 is 0. The van der Waals surface area contributed by atoms with Gasteiger partial charge in [-0.15, -0.1) is 0 Å². The summed E-state index contributed by atoms with van der Waals surface area (Å²) in [5.41, 5.74) is 7.74. The van der Waals surface area contributed by atoms with Gasteiger partial charge in [0.2, 0.25) is 0 Å². The number of ether oxygens (including phenoxy) is 1. The van der Waals surface area contributed by atoms with Crippen LogP contribution in [0.5, 0.6) is 0 Å². The molecule has 1 fully saturated rings. The van der Waals surface area contributed by atoms with Crippen LogP contribution in [0.1, 0.15) is 50.8 Å². The lowest BCUT2D eigenvalue weighted by atomic mass is 10.0. The first-order valence-corrected chi connectivity index (χ1v) is 7.16. The number of hydrogen-bond donors (Lipinski definition) is 2. The number of carbonyl (C=O) groups excluding carboxylic acids is 1. The van der Waals surface area contributed by atoms with Gasteiger partial charge in [-0.2, -0.15) is 0 Å². The Labute approximate surface area is 120 Å². The zero-order valence-corrected chi connectivity index (χ0v) is 12.7. The summed E-state index contributed by atoms with van der Waals surface area (Å²) in [6, 6.07) is 8.58. The van der Waals surface area contributed by atoms with Gasteiger partial charge in [-0.25, -0.2) is 10.2 Å². The molecular formula is C16H24N2O2. The monoisotopic (exact) mass is 276 g/mol. The molecule has 20 heavy (non-hydrogen) atoms. The predicted molar refractivity (Wildman–Crippen MR) is 79.1 cm³/mol. The molecule has 0 bridgehead atoms. The fourth-order valence-electron chi connectivity index (χ4n) is 2.12. The molecular weight excluding hydrogens is 252 g/mol. The highest BCUT2D eigenvalue weighted by atomic mass is 16.6. The van der Waals surface area contributed by atoms with Gasteiger partial charge in [-0.3, -0.25) is 5.43 Å². The average molecular weight is 276 g/mol. The van der Waals surface area contributed by atoms with Crippen molar-refractivity contribution in [3.8, 4) is 0 Å². The number of carbonyl (C=O) groups is 1. The van der Waals surface area contributed by atoms with Crippen LogP contribution in [0.25, 0.3) is 0 Å². The maximum Gasteiger partial charge on any atom is 0.422 e. The van der Waals surface area contributed by atoms with Gasteiger partial charge in [0.25, 0.3) is 0 Å². The van der Waals surface area contributed by atoms with Crippen molar-refractivity contribution in [2.45, 2.75) is 52.2 Å². The Morgan fingerprint density at radius 3 is 2.35 bits per heavy atom. The average Bonchev–Trinajstić information content (AvgIpc) is 3.13. The fraction of sp³-hybridized carbons (Fsp3) is 0.562. The van der Waals surface area contributed by atoms with Gasteiger partial charge >= 0.3 is 6.09 Å². The van der Waals surface area contributed by atoms with Crippen LogP contribution in [0, 0.1) is 12.8 Å². The third-order valence-corrected chi connectivity index (χ3v) is 3.26. The lowest BCUT2D eigenvalue weighted by molar-refractivity contribution is 0.0485. The molecule has 1 saturated carbocycles. The highest BCUT2D eigenvalue weighted by Gasteiger charge is 2.32. The lowest BCUT2D eigenvalue weighted by Gasteiger charge is -2.23. The van der Waals surface area contributed by atoms with E-state index in [4.69, 9.17) is 4.74 Å². The molecule has 0 aliphatic heterocycles. The van der Waals surface area contributed by atoms with Gasteiger partial charge in [-0.05, 0) is 52.0 Å². The first kappa shape index (κ1) is 14.9. The number of rotatable bonds is 4. The van der Waals surface area contributed by atoms with Gasteiger partial charge in [0.1, 0.15) is 5.60 Å². The molecule has 1 aliphatic rings. The molecule has 1 atom stereocenters. The molecule has 110 valence electrons. The topological polar surface area (TPSA) is 50.4 Å². The first-order valence-electron chi connectivity index (χ1n) is 7.16. The second kappa shape index (κ2) is 5.83. The Hall–Kier alpha value is -1.55. The van der Waals surface area contributed by atoms with Crippen molar-refractivity contribution in [1.82, 2.24) is 10.9 Å². The maximum absolute atomic E-state index is 11.7. The third-order valence-electron chi connectivity index (χ3n) is 3.26. The normalized spacial score (nSPS) is 16.6. The van der Waals surface area contributed by atoms with Crippen LogP contribution in [0.4, 0.5) is 4.79 Å². The van der Waals surface area contributed by atoms with E-state index in [0.29, 0.717) is 5.92 Å². The molecule has 4 heteroatoms. The molecule has 1 aliphatic carbocycles. The molecule has 0 radical (unpaired) electrons. The Kier molecular flexibility index (Phi) is 4.33. The van der Waals surface area contributed by atoms with Crippen LogP contribution in [0.3, 0.4) is 0 Å². The van der Waals surface area contributed by atoms with E-state index in [-0.39, 0.29) is 6.04 Å². The van der Waals surface area contributed by atoms with Gasteiger partial charge in [-0.1, -0.05) is 29.8 Å². The molecule has 2 rings (SSSR count). The molecule has 1 unspecified atom stereocenters. The second-order valence-corrected chi connectivity index (χ2v) is 6.50. The maximum atomic E-state index is 11.7. The number of nitrogens with one attached hydrogen (secondary N) is 2. The van der Waals surface area contributed by atoms with E-state index < -0.39 is 11.7 Å². The number of benzene rings is 1. The van der Waals surface area contributed by atoms with Crippen LogP contribution < -0.4 is 10.9 Å². The number of hydrazine groups is 1. The van der Waals surface area contributed by atoms with Crippen molar-refractivity contribution in [2.75, 3.05) is 0 Å². The summed E-state index contributed by atoms with van der Waals surface area (Å²) in [5, 5.41) is 0. The van der Waals surface area contributed by atoms with Crippen molar-refractivity contribution in [2.24, 2.45) is 5.92 Å². The zero-order valence-electron chi connectivity index (χ0n) is 12.7. The summed E-state index contributed by atoms with van der Waals surface area (Å²) < 4.78 is 5.23. The molecule has 2 N–H and O–H groups in total. The van der Waals surface area contributed by atoms with Crippen molar-refractivity contribution in [3.63, 3.8) is 0 Å². The van der Waals surface area contributed by atoms with E-state index in [1.165, 1.54) is 24.0 Å². The van der Waals surface area contributed by atoms with Crippen molar-refractivity contribution < 1.29 is 9.53 Å². The van der Waals surface area contributed by atoms with Crippen LogP contribution >= 0.6 is 0 Å². The van der Waals surface area contributed by atoms with Gasteiger partial charge in [0.05, 0.1) is 6.04 Å². The van der Waals surface area contributed by atoms with E-state index in [0.717, 1.165) is 0 Å². The Balaban J connectivity index is 1.93. The zero-order chi connectivity index (χ0) is 14.8. The van der Waals surface area contributed by atoms with Crippen LogP contribution in [0.15, 0.2) is 24.3 Å². The van der Waals surface area contributed by atoms with E-state index in [9.17, 15) is 4.79 Å². The minimum Gasteiger partial charge on any atom is -0.443 e. The van der Waals surface area contributed by atoms with Crippen molar-refractivity contribution in [1.29, 1.82) is 0 Å². The second-order valence-electron chi connectivity index (χ2n) is 6.50. The third kappa shape index (κ3) is 4.53. The Morgan fingerprint density at radius 1 is 1.25 bits per heavy atom. The molecule has 1 aromatic rings. The Bertz CT molecular complexity index is 458. The first-order chi connectivity index (χ1) is 9.35. The highest BCUT2D eigenvalue weighted by molar-refractivity contribution is 5.67. The van der Waals surface area contributed by atoms with Gasteiger partial charge in [0, 0.05) is 0 Å². The largest absolute Gasteiger partial charge is 0.443 e. The molecule has 0 saturated heterocycles. The quantitative estimate of drug-likeness (QED) is 0.828. The van der Waals surface area contributed by atoms with Gasteiger partial charge in [0.15, 0.2) is 0 Å². The summed E-state index contributed by atoms with van der Waals surface area (Å²) in [5.74, 6) is 0.590. The lowest BCUT2D eigenvalue weighted by Crippen LogP contribution is -2.43. The van der Waals surface area contributed by atoms with Crippen LogP contribution in [0.2, 0.25) is 0 Å². The van der Waals surface area contributed by atoms with Crippen LogP contribution in [-0.4, -0.2) is 11.7 Å². The summed E-state index contributed by atoms with van der Waals surface area (Å²) in [7, 11) is 0. The van der Waals surface area contributed by atoms with Crippen LogP contribution in [-0.2, 0) is 4.74 Å². The highest BCUT2D eigenvalue weighted by Crippen LogP contribution is 2.40. The van der Waals surface area contributed by atoms with Crippen molar-refractivity contribution >= 4 is 6.09 Å². The van der Waals surface area contributed by atoms with Gasteiger partial charge < -0.3 is 4.74 Å². The molecule has 0 spiro atoms. The van der Waals surface area contributed by atoms with E-state index in [1.807, 2.05) is 20.8 Å². The molecule has 0 aromatic heterocycles. The minimum atomic E-state index is -0.481. The van der Waals surface area contributed by atoms with E-state index >= 15 is 0 Å². The molecule has 1 amide bonds. The Morgan fingerprint density at radius 2 is 1.85 bits per heavy atom. The number of hydrogen-bond acceptors (Lipinski definition) is 3. The predicted octanol–water partition coefficient (Wildman–Crippen LogP) is 3.48. The van der Waals surface area contributed by atoms with E-state index in [1.54, 1.807) is 0 Å². The SMILES string of the molecule is Cc1ccc(C(NNC(=O)OC(C)(C)C)C2CC2)cc1. The molecule has 1 aromatic carbocycles.